The molecule has 7 heteroatoms. The summed E-state index contributed by atoms with van der Waals surface area (Å²) in [6.45, 7) is 2.81. The van der Waals surface area contributed by atoms with E-state index in [-0.39, 0.29) is 18.4 Å². The number of carbonyl (C=O) groups is 2. The van der Waals surface area contributed by atoms with Crippen molar-refractivity contribution in [2.45, 2.75) is 26.2 Å². The minimum absolute atomic E-state index is 0.116. The van der Waals surface area contributed by atoms with Crippen molar-refractivity contribution in [3.63, 3.8) is 0 Å². The Labute approximate surface area is 163 Å². The molecule has 1 aliphatic carbocycles. The molecule has 27 heavy (non-hydrogen) atoms. The lowest BCUT2D eigenvalue weighted by Crippen LogP contribution is -2.27. The molecular weight excluding hydrogens is 362 g/mol. The number of carbonyl (C=O) groups excluding carboxylic acids is 2. The quantitative estimate of drug-likeness (QED) is 0.764. The van der Waals surface area contributed by atoms with Crippen LogP contribution in [0.1, 0.15) is 34.1 Å². The summed E-state index contributed by atoms with van der Waals surface area (Å²) in [4.78, 5) is 28.2. The number of likely N-dealkylation sites (N-methyl/N-ethyl adjacent to an activating group) is 1. The van der Waals surface area contributed by atoms with Crippen LogP contribution < -0.4 is 15.4 Å². The largest absolute Gasteiger partial charge is 0.494 e. The number of anilines is 2. The average Bonchev–Trinajstić information content (AvgIpc) is 3.16. The van der Waals surface area contributed by atoms with Gasteiger partial charge in [0.1, 0.15) is 10.8 Å². The average molecular weight is 388 g/mol. The number of nitrogens with one attached hydrogen (secondary N) is 2. The molecule has 0 saturated heterocycles. The molecule has 1 aromatic carbocycles. The highest BCUT2D eigenvalue weighted by Crippen LogP contribution is 2.39. The summed E-state index contributed by atoms with van der Waals surface area (Å²) in [7, 11) is 3.68. The van der Waals surface area contributed by atoms with E-state index in [0.717, 1.165) is 30.6 Å². The van der Waals surface area contributed by atoms with E-state index in [1.165, 1.54) is 16.2 Å². The summed E-state index contributed by atoms with van der Waals surface area (Å²) >= 11 is 1.52. The van der Waals surface area contributed by atoms with Crippen LogP contribution in [0.15, 0.2) is 24.3 Å². The standard InChI is InChI=1S/C20H25N3O3S/c1-4-26-14-10-8-13(9-11-14)21-19(25)18-15-6-5-7-16(15)27-20(18)22-17(24)12-23(2)3/h8-11H,4-7,12H2,1-3H3,(H,21,25)(H,22,24). The Morgan fingerprint density at radius 3 is 2.56 bits per heavy atom. The summed E-state index contributed by atoms with van der Waals surface area (Å²) in [5.41, 5.74) is 2.38. The molecule has 0 saturated carbocycles. The maximum Gasteiger partial charge on any atom is 0.258 e. The van der Waals surface area contributed by atoms with Crippen LogP contribution in [0.25, 0.3) is 0 Å². The monoisotopic (exact) mass is 387 g/mol. The maximum atomic E-state index is 13.0. The van der Waals surface area contributed by atoms with Crippen molar-refractivity contribution < 1.29 is 14.3 Å². The molecule has 2 aromatic rings. The first-order valence-electron chi connectivity index (χ1n) is 9.11. The molecule has 0 unspecified atom stereocenters. The zero-order valence-corrected chi connectivity index (χ0v) is 16.7. The van der Waals surface area contributed by atoms with Gasteiger partial charge in [-0.05, 0) is 70.1 Å². The summed E-state index contributed by atoms with van der Waals surface area (Å²) < 4.78 is 5.43. The Kier molecular flexibility index (Phi) is 6.13. The third kappa shape index (κ3) is 4.67. The second-order valence-electron chi connectivity index (χ2n) is 6.76. The van der Waals surface area contributed by atoms with Gasteiger partial charge in [-0.25, -0.2) is 0 Å². The molecular formula is C20H25N3O3S. The highest BCUT2D eigenvalue weighted by molar-refractivity contribution is 7.17. The van der Waals surface area contributed by atoms with E-state index in [0.29, 0.717) is 22.9 Å². The Morgan fingerprint density at radius 1 is 1.15 bits per heavy atom. The van der Waals surface area contributed by atoms with E-state index >= 15 is 0 Å². The number of fused-ring (bicyclic) bond motifs is 1. The van der Waals surface area contributed by atoms with Crippen LogP contribution in [0.4, 0.5) is 10.7 Å². The summed E-state index contributed by atoms with van der Waals surface area (Å²) in [6.07, 6.45) is 2.89. The van der Waals surface area contributed by atoms with Crippen molar-refractivity contribution in [1.82, 2.24) is 4.90 Å². The Balaban J connectivity index is 1.79. The van der Waals surface area contributed by atoms with Crippen LogP contribution >= 0.6 is 11.3 Å². The number of nitrogens with zero attached hydrogens (tertiary/aromatic N) is 1. The fourth-order valence-electron chi connectivity index (χ4n) is 3.18. The van der Waals surface area contributed by atoms with Crippen LogP contribution in [0.2, 0.25) is 0 Å². The van der Waals surface area contributed by atoms with Gasteiger partial charge in [0.15, 0.2) is 0 Å². The van der Waals surface area contributed by atoms with Crippen molar-refractivity contribution in [2.75, 3.05) is 37.9 Å². The topological polar surface area (TPSA) is 70.7 Å². The summed E-state index contributed by atoms with van der Waals surface area (Å²) in [5, 5.41) is 6.52. The molecule has 1 heterocycles. The van der Waals surface area contributed by atoms with E-state index in [1.54, 1.807) is 4.90 Å². The molecule has 1 aliphatic rings. The van der Waals surface area contributed by atoms with Crippen molar-refractivity contribution in [3.05, 3.63) is 40.3 Å². The molecule has 3 rings (SSSR count). The maximum absolute atomic E-state index is 13.0. The van der Waals surface area contributed by atoms with Gasteiger partial charge in [-0.2, -0.15) is 0 Å². The van der Waals surface area contributed by atoms with E-state index < -0.39 is 0 Å². The van der Waals surface area contributed by atoms with Crippen molar-refractivity contribution in [2.24, 2.45) is 0 Å². The van der Waals surface area contributed by atoms with Gasteiger partial charge in [-0.15, -0.1) is 11.3 Å². The Bertz CT molecular complexity index is 828. The molecule has 2 amide bonds. The van der Waals surface area contributed by atoms with Crippen LogP contribution in [0.3, 0.4) is 0 Å². The van der Waals surface area contributed by atoms with Gasteiger partial charge in [0.25, 0.3) is 5.91 Å². The first-order valence-corrected chi connectivity index (χ1v) is 9.93. The minimum Gasteiger partial charge on any atom is -0.494 e. The number of aryl methyl sites for hydroxylation is 1. The normalized spacial score (nSPS) is 12.7. The number of ether oxygens (including phenoxy) is 1. The predicted octanol–water partition coefficient (Wildman–Crippen LogP) is 3.39. The lowest BCUT2D eigenvalue weighted by Gasteiger charge is -2.12. The second-order valence-corrected chi connectivity index (χ2v) is 7.86. The molecule has 2 N–H and O–H groups in total. The van der Waals surface area contributed by atoms with Gasteiger partial charge < -0.3 is 20.3 Å². The zero-order chi connectivity index (χ0) is 19.4. The first-order chi connectivity index (χ1) is 13.0. The van der Waals surface area contributed by atoms with Gasteiger partial charge >= 0.3 is 0 Å². The first kappa shape index (κ1) is 19.4. The fourth-order valence-corrected chi connectivity index (χ4v) is 4.48. The number of amides is 2. The van der Waals surface area contributed by atoms with Crippen molar-refractivity contribution in [1.29, 1.82) is 0 Å². The molecule has 0 aliphatic heterocycles. The fraction of sp³-hybridized carbons (Fsp3) is 0.400. The molecule has 1 aromatic heterocycles. The second kappa shape index (κ2) is 8.54. The number of hydrogen-bond donors (Lipinski definition) is 2. The highest BCUT2D eigenvalue weighted by atomic mass is 32.1. The number of rotatable bonds is 7. The van der Waals surface area contributed by atoms with Gasteiger partial charge in [-0.3, -0.25) is 9.59 Å². The molecule has 6 nitrogen and oxygen atoms in total. The van der Waals surface area contributed by atoms with Crippen molar-refractivity contribution >= 4 is 33.8 Å². The van der Waals surface area contributed by atoms with Crippen molar-refractivity contribution in [3.8, 4) is 5.75 Å². The molecule has 0 fully saturated rings. The smallest absolute Gasteiger partial charge is 0.258 e. The zero-order valence-electron chi connectivity index (χ0n) is 15.9. The molecule has 0 atom stereocenters. The SMILES string of the molecule is CCOc1ccc(NC(=O)c2c(NC(=O)CN(C)C)sc3c2CCC3)cc1. The van der Waals surface area contributed by atoms with E-state index in [2.05, 4.69) is 10.6 Å². The Hall–Kier alpha value is -2.38. The summed E-state index contributed by atoms with van der Waals surface area (Å²) in [6, 6.07) is 7.30. The number of thiophene rings is 1. The minimum atomic E-state index is -0.182. The molecule has 0 spiro atoms. The van der Waals surface area contributed by atoms with Crippen LogP contribution in [0.5, 0.6) is 5.75 Å². The van der Waals surface area contributed by atoms with E-state index in [4.69, 9.17) is 4.74 Å². The summed E-state index contributed by atoms with van der Waals surface area (Å²) in [5.74, 6) is 0.470. The Morgan fingerprint density at radius 2 is 1.89 bits per heavy atom. The lowest BCUT2D eigenvalue weighted by molar-refractivity contribution is -0.116. The third-order valence-corrected chi connectivity index (χ3v) is 5.49. The van der Waals surface area contributed by atoms with E-state index in [1.807, 2.05) is 45.3 Å². The predicted molar refractivity (Wildman–Crippen MR) is 109 cm³/mol. The number of hydrogen-bond acceptors (Lipinski definition) is 5. The van der Waals surface area contributed by atoms with Crippen LogP contribution in [-0.4, -0.2) is 44.0 Å². The van der Waals surface area contributed by atoms with Crippen LogP contribution in [0, 0.1) is 0 Å². The van der Waals surface area contributed by atoms with Gasteiger partial charge in [0.05, 0.1) is 18.7 Å². The lowest BCUT2D eigenvalue weighted by atomic mass is 10.1. The van der Waals surface area contributed by atoms with Crippen LogP contribution in [-0.2, 0) is 17.6 Å². The van der Waals surface area contributed by atoms with Gasteiger partial charge in [0, 0.05) is 10.6 Å². The molecule has 144 valence electrons. The molecule has 0 radical (unpaired) electrons. The van der Waals surface area contributed by atoms with Gasteiger partial charge in [0.2, 0.25) is 5.91 Å². The van der Waals surface area contributed by atoms with Gasteiger partial charge in [-0.1, -0.05) is 0 Å². The third-order valence-electron chi connectivity index (χ3n) is 4.28. The molecule has 0 bridgehead atoms. The highest BCUT2D eigenvalue weighted by Gasteiger charge is 2.27. The van der Waals surface area contributed by atoms with E-state index in [9.17, 15) is 9.59 Å². The number of benzene rings is 1.